The van der Waals surface area contributed by atoms with Crippen LogP contribution in [0, 0.1) is 0 Å². The highest BCUT2D eigenvalue weighted by Crippen LogP contribution is 2.28. The van der Waals surface area contributed by atoms with E-state index in [0.29, 0.717) is 48.5 Å². The number of hydrogen-bond acceptors (Lipinski definition) is 4. The van der Waals surface area contributed by atoms with Crippen LogP contribution in [0.15, 0.2) is 53.3 Å². The minimum Gasteiger partial charge on any atom is -0.465 e. The van der Waals surface area contributed by atoms with Gasteiger partial charge in [0.05, 0.1) is 22.6 Å². The van der Waals surface area contributed by atoms with Crippen LogP contribution in [-0.4, -0.2) is 51.2 Å². The van der Waals surface area contributed by atoms with Crippen LogP contribution in [0.5, 0.6) is 0 Å². The minimum atomic E-state index is -2.56. The number of alkyl halides is 2. The van der Waals surface area contributed by atoms with Crippen molar-refractivity contribution in [3.8, 4) is 5.69 Å². The summed E-state index contributed by atoms with van der Waals surface area (Å²) in [6.07, 6.45) is -0.0890. The maximum atomic E-state index is 13.8. The van der Waals surface area contributed by atoms with Gasteiger partial charge in [-0.25, -0.2) is 18.6 Å². The summed E-state index contributed by atoms with van der Waals surface area (Å²) >= 11 is 0. The van der Waals surface area contributed by atoms with Crippen molar-refractivity contribution in [2.75, 3.05) is 19.6 Å². The van der Waals surface area contributed by atoms with E-state index in [1.807, 2.05) is 23.1 Å². The predicted molar refractivity (Wildman–Crippen MR) is 126 cm³/mol. The Kier molecular flexibility index (Phi) is 6.92. The first-order valence-corrected chi connectivity index (χ1v) is 11.4. The molecule has 1 atom stereocenters. The molecule has 1 aromatic heterocycles. The number of para-hydroxylation sites is 1. The number of aryl methyl sites for hydroxylation is 1. The molecule has 180 valence electrons. The number of nitrogens with one attached hydrogen (secondary N) is 1. The summed E-state index contributed by atoms with van der Waals surface area (Å²) in [6.45, 7) is 3.09. The highest BCUT2D eigenvalue weighted by Gasteiger charge is 2.33. The molecule has 1 amide bonds. The van der Waals surface area contributed by atoms with Crippen LogP contribution in [0.4, 0.5) is 13.6 Å². The van der Waals surface area contributed by atoms with Gasteiger partial charge in [-0.3, -0.25) is 9.36 Å². The van der Waals surface area contributed by atoms with Gasteiger partial charge in [-0.1, -0.05) is 30.3 Å². The van der Waals surface area contributed by atoms with Gasteiger partial charge in [0.2, 0.25) is 0 Å². The molecule has 2 heterocycles. The van der Waals surface area contributed by atoms with Crippen LogP contribution in [0.25, 0.3) is 16.6 Å². The maximum absolute atomic E-state index is 13.8. The highest BCUT2D eigenvalue weighted by atomic mass is 19.3. The molecule has 1 saturated heterocycles. The summed E-state index contributed by atoms with van der Waals surface area (Å²) in [7, 11) is 0. The number of halogens is 2. The van der Waals surface area contributed by atoms with Gasteiger partial charge in [0.25, 0.3) is 11.5 Å². The zero-order valence-electron chi connectivity index (χ0n) is 19.0. The van der Waals surface area contributed by atoms with Gasteiger partial charge in [0.15, 0.2) is 0 Å². The standard InChI is InChI=1S/C25H28F2N4O3/c1-17(28-24(33)34)22-29-20-11-5-7-18(8-6-14-30-15-12-25(26,27)13-16-30)21(20)23(32)31(22)19-9-3-2-4-10-19/h2-5,7,9-11,17,28H,6,8,12-16H2,1H3,(H,33,34). The lowest BCUT2D eigenvalue weighted by Gasteiger charge is -2.31. The number of fused-ring (bicyclic) bond motifs is 1. The van der Waals surface area contributed by atoms with Crippen molar-refractivity contribution in [3.63, 3.8) is 0 Å². The SMILES string of the molecule is CC(NC(=O)O)c1nc2cccc(CCCN3CCC(F)(F)CC3)c2c(=O)n1-c1ccccc1. The summed E-state index contributed by atoms with van der Waals surface area (Å²) < 4.78 is 28.3. The molecular formula is C25H28F2N4O3. The fourth-order valence-electron chi connectivity index (χ4n) is 4.49. The Balaban J connectivity index is 1.67. The third-order valence-corrected chi connectivity index (χ3v) is 6.26. The lowest BCUT2D eigenvalue weighted by atomic mass is 10.0. The minimum absolute atomic E-state index is 0.113. The van der Waals surface area contributed by atoms with Gasteiger partial charge in [0.1, 0.15) is 5.82 Å². The zero-order chi connectivity index (χ0) is 24.3. The normalized spacial score (nSPS) is 16.9. The molecule has 4 rings (SSSR count). The van der Waals surface area contributed by atoms with Gasteiger partial charge in [-0.2, -0.15) is 0 Å². The number of nitrogens with zero attached hydrogens (tertiary/aromatic N) is 3. The van der Waals surface area contributed by atoms with Crippen molar-refractivity contribution in [2.24, 2.45) is 0 Å². The molecular weight excluding hydrogens is 442 g/mol. The molecule has 2 N–H and O–H groups in total. The fraction of sp³-hybridized carbons (Fsp3) is 0.400. The molecule has 7 nitrogen and oxygen atoms in total. The van der Waals surface area contributed by atoms with Gasteiger partial charge >= 0.3 is 6.09 Å². The molecule has 34 heavy (non-hydrogen) atoms. The van der Waals surface area contributed by atoms with Crippen LogP contribution < -0.4 is 10.9 Å². The first-order valence-electron chi connectivity index (χ1n) is 11.4. The quantitative estimate of drug-likeness (QED) is 0.535. The molecule has 1 unspecified atom stereocenters. The molecule has 2 aromatic carbocycles. The van der Waals surface area contributed by atoms with Crippen molar-refractivity contribution < 1.29 is 18.7 Å². The number of piperidine rings is 1. The molecule has 0 saturated carbocycles. The van der Waals surface area contributed by atoms with E-state index in [0.717, 1.165) is 12.0 Å². The largest absolute Gasteiger partial charge is 0.465 e. The number of amides is 1. The smallest absolute Gasteiger partial charge is 0.405 e. The van der Waals surface area contributed by atoms with Crippen LogP contribution >= 0.6 is 0 Å². The summed E-state index contributed by atoms with van der Waals surface area (Å²) in [4.78, 5) is 31.7. The van der Waals surface area contributed by atoms with E-state index in [2.05, 4.69) is 10.3 Å². The number of aromatic nitrogens is 2. The first kappa shape index (κ1) is 23.8. The van der Waals surface area contributed by atoms with Crippen LogP contribution in [0.3, 0.4) is 0 Å². The zero-order valence-corrected chi connectivity index (χ0v) is 19.0. The molecule has 1 aliphatic rings. The number of hydrogen-bond donors (Lipinski definition) is 2. The Morgan fingerprint density at radius 1 is 1.15 bits per heavy atom. The average Bonchev–Trinajstić information content (AvgIpc) is 2.80. The summed E-state index contributed by atoms with van der Waals surface area (Å²) in [6, 6.07) is 13.8. The van der Waals surface area contributed by atoms with Gasteiger partial charge in [-0.05, 0) is 50.1 Å². The number of likely N-dealkylation sites (tertiary alicyclic amines) is 1. The van der Waals surface area contributed by atoms with Crippen LogP contribution in [0.1, 0.15) is 43.6 Å². The predicted octanol–water partition coefficient (Wildman–Crippen LogP) is 4.38. The summed E-state index contributed by atoms with van der Waals surface area (Å²) in [5.41, 5.74) is 1.67. The Hall–Kier alpha value is -3.33. The monoisotopic (exact) mass is 470 g/mol. The molecule has 0 aliphatic carbocycles. The third-order valence-electron chi connectivity index (χ3n) is 6.26. The Morgan fingerprint density at radius 2 is 1.85 bits per heavy atom. The Bertz CT molecular complexity index is 1220. The lowest BCUT2D eigenvalue weighted by molar-refractivity contribution is -0.0551. The van der Waals surface area contributed by atoms with E-state index in [1.165, 1.54) is 4.57 Å². The molecule has 9 heteroatoms. The molecule has 0 spiro atoms. The molecule has 1 fully saturated rings. The molecule has 0 bridgehead atoms. The van der Waals surface area contributed by atoms with Crippen molar-refractivity contribution >= 4 is 17.0 Å². The van der Waals surface area contributed by atoms with E-state index in [4.69, 9.17) is 0 Å². The lowest BCUT2D eigenvalue weighted by Crippen LogP contribution is -2.39. The number of carbonyl (C=O) groups is 1. The topological polar surface area (TPSA) is 87.5 Å². The van der Waals surface area contributed by atoms with E-state index >= 15 is 0 Å². The molecule has 3 aromatic rings. The van der Waals surface area contributed by atoms with Crippen molar-refractivity contribution in [3.05, 3.63) is 70.3 Å². The highest BCUT2D eigenvalue weighted by molar-refractivity contribution is 5.82. The van der Waals surface area contributed by atoms with Crippen molar-refractivity contribution in [2.45, 2.75) is 44.6 Å². The van der Waals surface area contributed by atoms with Crippen LogP contribution in [-0.2, 0) is 6.42 Å². The second kappa shape index (κ2) is 9.89. The number of rotatable bonds is 7. The van der Waals surface area contributed by atoms with Crippen molar-refractivity contribution in [1.82, 2.24) is 19.8 Å². The number of carboxylic acid groups (broad SMARTS) is 1. The van der Waals surface area contributed by atoms with E-state index < -0.39 is 18.1 Å². The Labute approximate surface area is 196 Å². The van der Waals surface area contributed by atoms with Gasteiger partial charge in [0, 0.05) is 25.9 Å². The van der Waals surface area contributed by atoms with E-state index in [1.54, 1.807) is 37.3 Å². The third kappa shape index (κ3) is 5.25. The second-order valence-electron chi connectivity index (χ2n) is 8.73. The van der Waals surface area contributed by atoms with Crippen LogP contribution in [0.2, 0.25) is 0 Å². The first-order chi connectivity index (χ1) is 16.2. The van der Waals surface area contributed by atoms with Gasteiger partial charge < -0.3 is 15.3 Å². The van der Waals surface area contributed by atoms with Crippen molar-refractivity contribution in [1.29, 1.82) is 0 Å². The average molecular weight is 471 g/mol. The second-order valence-corrected chi connectivity index (χ2v) is 8.73. The number of benzene rings is 2. The van der Waals surface area contributed by atoms with E-state index in [-0.39, 0.29) is 18.4 Å². The molecule has 1 aliphatic heterocycles. The summed E-state index contributed by atoms with van der Waals surface area (Å²) in [5.74, 6) is -2.26. The van der Waals surface area contributed by atoms with Gasteiger partial charge in [-0.15, -0.1) is 0 Å². The van der Waals surface area contributed by atoms with E-state index in [9.17, 15) is 23.5 Å². The Morgan fingerprint density at radius 3 is 2.53 bits per heavy atom. The molecule has 0 radical (unpaired) electrons. The maximum Gasteiger partial charge on any atom is 0.405 e. The summed E-state index contributed by atoms with van der Waals surface area (Å²) in [5, 5.41) is 12.1. The fourth-order valence-corrected chi connectivity index (χ4v) is 4.49.